The fourth-order valence-corrected chi connectivity index (χ4v) is 2.91. The Kier molecular flexibility index (Phi) is 6.05. The maximum Gasteiger partial charge on any atom is 0.309 e. The van der Waals surface area contributed by atoms with Gasteiger partial charge in [-0.25, -0.2) is 0 Å². The number of hydrogen-bond donors (Lipinski definition) is 0. The van der Waals surface area contributed by atoms with E-state index in [4.69, 9.17) is 9.47 Å². The predicted molar refractivity (Wildman–Crippen MR) is 102 cm³/mol. The third-order valence-corrected chi connectivity index (χ3v) is 4.24. The number of methoxy groups -OCH3 is 1. The highest BCUT2D eigenvalue weighted by Crippen LogP contribution is 2.23. The molecule has 1 unspecified atom stereocenters. The van der Waals surface area contributed by atoms with E-state index in [2.05, 4.69) is 0 Å². The lowest BCUT2D eigenvalue weighted by molar-refractivity contribution is -0.145. The highest BCUT2D eigenvalue weighted by molar-refractivity contribution is 5.73. The Hall–Kier alpha value is -3.07. The molecule has 3 aromatic rings. The van der Waals surface area contributed by atoms with Crippen LogP contribution in [0.2, 0.25) is 0 Å². The smallest absolute Gasteiger partial charge is 0.309 e. The molecule has 0 heterocycles. The van der Waals surface area contributed by atoms with Crippen LogP contribution in [0.4, 0.5) is 0 Å². The molecule has 0 N–H and O–H groups in total. The number of ether oxygens (including phenoxy) is 2. The second-order valence-electron chi connectivity index (χ2n) is 6.17. The average Bonchev–Trinajstić information content (AvgIpc) is 2.70. The van der Waals surface area contributed by atoms with Crippen LogP contribution >= 0.6 is 0 Å². The van der Waals surface area contributed by atoms with Gasteiger partial charge in [0.05, 0.1) is 13.0 Å². The third-order valence-electron chi connectivity index (χ3n) is 4.24. The van der Waals surface area contributed by atoms with Crippen molar-refractivity contribution in [3.8, 4) is 11.5 Å². The molecule has 26 heavy (non-hydrogen) atoms. The van der Waals surface area contributed by atoms with Crippen LogP contribution in [0.3, 0.4) is 0 Å². The minimum Gasteiger partial charge on any atom is -0.469 e. The van der Waals surface area contributed by atoms with Gasteiger partial charge in [0.15, 0.2) is 0 Å². The lowest BCUT2D eigenvalue weighted by Gasteiger charge is -2.15. The van der Waals surface area contributed by atoms with Gasteiger partial charge in [-0.3, -0.25) is 4.79 Å². The van der Waals surface area contributed by atoms with Crippen molar-refractivity contribution in [2.24, 2.45) is 5.92 Å². The molecule has 3 heteroatoms. The lowest BCUT2D eigenvalue weighted by atomic mass is 9.92. The van der Waals surface area contributed by atoms with Gasteiger partial charge in [0.1, 0.15) is 11.5 Å². The van der Waals surface area contributed by atoms with Crippen molar-refractivity contribution in [2.75, 3.05) is 7.11 Å². The first-order chi connectivity index (χ1) is 12.7. The number of rotatable bonds is 7. The molecule has 0 aliphatic carbocycles. The third kappa shape index (κ3) is 4.96. The largest absolute Gasteiger partial charge is 0.469 e. The van der Waals surface area contributed by atoms with Crippen molar-refractivity contribution in [3.05, 3.63) is 96.1 Å². The van der Waals surface area contributed by atoms with Gasteiger partial charge >= 0.3 is 5.97 Å². The zero-order chi connectivity index (χ0) is 18.2. The molecule has 0 fully saturated rings. The van der Waals surface area contributed by atoms with E-state index in [1.165, 1.54) is 7.11 Å². The summed E-state index contributed by atoms with van der Waals surface area (Å²) < 4.78 is 10.8. The maximum atomic E-state index is 12.2. The van der Waals surface area contributed by atoms with Crippen LogP contribution in [-0.2, 0) is 22.4 Å². The van der Waals surface area contributed by atoms with Gasteiger partial charge in [-0.1, -0.05) is 60.7 Å². The summed E-state index contributed by atoms with van der Waals surface area (Å²) >= 11 is 0. The molecule has 0 saturated heterocycles. The van der Waals surface area contributed by atoms with Gasteiger partial charge in [0, 0.05) is 0 Å². The van der Waals surface area contributed by atoms with Gasteiger partial charge in [-0.15, -0.1) is 0 Å². The number of carbonyl (C=O) groups is 1. The lowest BCUT2D eigenvalue weighted by Crippen LogP contribution is -2.21. The van der Waals surface area contributed by atoms with Crippen molar-refractivity contribution in [3.63, 3.8) is 0 Å². The van der Waals surface area contributed by atoms with E-state index in [-0.39, 0.29) is 11.9 Å². The Labute approximate surface area is 154 Å². The van der Waals surface area contributed by atoms with E-state index in [1.54, 1.807) is 0 Å². The summed E-state index contributed by atoms with van der Waals surface area (Å²) in [5.41, 5.74) is 2.21. The minimum absolute atomic E-state index is 0.182. The molecule has 3 rings (SSSR count). The molecule has 0 aromatic heterocycles. The fourth-order valence-electron chi connectivity index (χ4n) is 2.91. The van der Waals surface area contributed by atoms with E-state index in [9.17, 15) is 4.79 Å². The predicted octanol–water partition coefficient (Wildman–Crippen LogP) is 5.05. The minimum atomic E-state index is -0.205. The molecule has 3 aromatic carbocycles. The monoisotopic (exact) mass is 346 g/mol. The Morgan fingerprint density at radius 1 is 0.731 bits per heavy atom. The standard InChI is InChI=1S/C23H22O3/c1-25-23(24)20(16-18-8-4-2-5-9-18)17-19-12-14-22(15-13-19)26-21-10-6-3-7-11-21/h2-15,20H,16-17H2,1H3. The molecule has 132 valence electrons. The van der Waals surface area contributed by atoms with E-state index < -0.39 is 0 Å². The average molecular weight is 346 g/mol. The molecule has 1 atom stereocenters. The zero-order valence-electron chi connectivity index (χ0n) is 14.8. The van der Waals surface area contributed by atoms with E-state index in [1.807, 2.05) is 84.9 Å². The molecule has 3 nitrogen and oxygen atoms in total. The van der Waals surface area contributed by atoms with Crippen molar-refractivity contribution >= 4 is 5.97 Å². The summed E-state index contributed by atoms with van der Waals surface area (Å²) in [6.45, 7) is 0. The Morgan fingerprint density at radius 2 is 1.23 bits per heavy atom. The molecule has 0 aliphatic heterocycles. The molecular formula is C23H22O3. The van der Waals surface area contributed by atoms with Crippen molar-refractivity contribution in [2.45, 2.75) is 12.8 Å². The zero-order valence-corrected chi connectivity index (χ0v) is 14.8. The van der Waals surface area contributed by atoms with E-state index >= 15 is 0 Å². The maximum absolute atomic E-state index is 12.2. The highest BCUT2D eigenvalue weighted by atomic mass is 16.5. The summed E-state index contributed by atoms with van der Waals surface area (Å²) in [5, 5.41) is 0. The van der Waals surface area contributed by atoms with Gasteiger partial charge < -0.3 is 9.47 Å². The number of benzene rings is 3. The molecule has 0 aliphatic rings. The van der Waals surface area contributed by atoms with E-state index in [0.717, 1.165) is 22.6 Å². The molecule has 0 amide bonds. The first-order valence-corrected chi connectivity index (χ1v) is 8.68. The summed E-state index contributed by atoms with van der Waals surface area (Å²) in [7, 11) is 1.44. The Morgan fingerprint density at radius 3 is 1.81 bits per heavy atom. The van der Waals surface area contributed by atoms with Crippen LogP contribution in [0.1, 0.15) is 11.1 Å². The molecule has 0 radical (unpaired) electrons. The second-order valence-corrected chi connectivity index (χ2v) is 6.17. The number of esters is 1. The highest BCUT2D eigenvalue weighted by Gasteiger charge is 2.20. The Bertz CT molecular complexity index is 811. The SMILES string of the molecule is COC(=O)C(Cc1ccccc1)Cc1ccc(Oc2ccccc2)cc1. The first kappa shape index (κ1) is 17.7. The fraction of sp³-hybridized carbons (Fsp3) is 0.174. The van der Waals surface area contributed by atoms with Crippen LogP contribution in [-0.4, -0.2) is 13.1 Å². The summed E-state index contributed by atoms with van der Waals surface area (Å²) in [5.74, 6) is 1.19. The van der Waals surface area contributed by atoms with Crippen LogP contribution < -0.4 is 4.74 Å². The number of hydrogen-bond acceptors (Lipinski definition) is 3. The quantitative estimate of drug-likeness (QED) is 0.561. The van der Waals surface area contributed by atoms with Crippen molar-refractivity contribution < 1.29 is 14.3 Å². The van der Waals surface area contributed by atoms with Crippen LogP contribution in [0.5, 0.6) is 11.5 Å². The van der Waals surface area contributed by atoms with Gasteiger partial charge in [0.25, 0.3) is 0 Å². The van der Waals surface area contributed by atoms with E-state index in [0.29, 0.717) is 12.8 Å². The molecule has 0 bridgehead atoms. The Balaban J connectivity index is 1.67. The summed E-state index contributed by atoms with van der Waals surface area (Å²) in [4.78, 5) is 12.2. The van der Waals surface area contributed by atoms with Gasteiger partial charge in [-0.05, 0) is 48.2 Å². The normalized spacial score (nSPS) is 11.6. The van der Waals surface area contributed by atoms with Gasteiger partial charge in [-0.2, -0.15) is 0 Å². The van der Waals surface area contributed by atoms with Crippen LogP contribution in [0.15, 0.2) is 84.9 Å². The topological polar surface area (TPSA) is 35.5 Å². The summed E-state index contributed by atoms with van der Waals surface area (Å²) in [6.07, 6.45) is 1.29. The molecule has 0 saturated carbocycles. The summed E-state index contributed by atoms with van der Waals surface area (Å²) in [6, 6.07) is 27.5. The number of carbonyl (C=O) groups excluding carboxylic acids is 1. The number of para-hydroxylation sites is 1. The van der Waals surface area contributed by atoms with Crippen LogP contribution in [0, 0.1) is 5.92 Å². The van der Waals surface area contributed by atoms with Crippen LogP contribution in [0.25, 0.3) is 0 Å². The van der Waals surface area contributed by atoms with Crippen molar-refractivity contribution in [1.29, 1.82) is 0 Å². The second kappa shape index (κ2) is 8.86. The molecule has 0 spiro atoms. The van der Waals surface area contributed by atoms with Crippen molar-refractivity contribution in [1.82, 2.24) is 0 Å². The van der Waals surface area contributed by atoms with Gasteiger partial charge in [0.2, 0.25) is 0 Å². The first-order valence-electron chi connectivity index (χ1n) is 8.68. The molecular weight excluding hydrogens is 324 g/mol.